The minimum Gasteiger partial charge on any atom is -0.474 e. The van der Waals surface area contributed by atoms with Gasteiger partial charge in [-0.25, -0.2) is 19.6 Å². The highest BCUT2D eigenvalue weighted by molar-refractivity contribution is 6.29. The molecule has 0 bridgehead atoms. The van der Waals surface area contributed by atoms with Crippen LogP contribution < -0.4 is 15.8 Å². The Hall–Kier alpha value is -4.10. The third-order valence-electron chi connectivity index (χ3n) is 4.90. The number of hydrogen-bond acceptors (Lipinski definition) is 8. The maximum Gasteiger partial charge on any atom is 0.223 e. The summed E-state index contributed by atoms with van der Waals surface area (Å²) < 4.78 is 9.53. The minimum absolute atomic E-state index is 0.120. The van der Waals surface area contributed by atoms with Crippen LogP contribution in [0.2, 0.25) is 5.15 Å². The quantitative estimate of drug-likeness (QED) is 0.308. The van der Waals surface area contributed by atoms with Crippen molar-refractivity contribution in [3.05, 3.63) is 59.4 Å². The van der Waals surface area contributed by atoms with Gasteiger partial charge in [-0.1, -0.05) is 23.4 Å². The van der Waals surface area contributed by atoms with E-state index in [-0.39, 0.29) is 6.10 Å². The highest BCUT2D eigenvalue weighted by Gasteiger charge is 2.17. The average Bonchev–Trinajstić information content (AvgIpc) is 3.38. The summed E-state index contributed by atoms with van der Waals surface area (Å²) in [4.78, 5) is 12.7. The fourth-order valence-corrected chi connectivity index (χ4v) is 3.34. The van der Waals surface area contributed by atoms with Gasteiger partial charge in [-0.2, -0.15) is 10.2 Å². The van der Waals surface area contributed by atoms with Crippen LogP contribution in [0.5, 0.6) is 5.88 Å². The molecule has 34 heavy (non-hydrogen) atoms. The summed E-state index contributed by atoms with van der Waals surface area (Å²) in [5, 5.41) is 12.2. The molecule has 0 aromatic carbocycles. The van der Waals surface area contributed by atoms with Crippen molar-refractivity contribution in [3.63, 3.8) is 0 Å². The van der Waals surface area contributed by atoms with E-state index in [0.29, 0.717) is 41.2 Å². The summed E-state index contributed by atoms with van der Waals surface area (Å²) in [6.45, 7) is 2.62. The summed E-state index contributed by atoms with van der Waals surface area (Å²) in [5.41, 5.74) is 8.85. The maximum atomic E-state index is 6.17. The smallest absolute Gasteiger partial charge is 0.223 e. The first-order valence-electron chi connectivity index (χ1n) is 10.6. The van der Waals surface area contributed by atoms with E-state index in [4.69, 9.17) is 22.1 Å². The maximum absolute atomic E-state index is 6.17. The van der Waals surface area contributed by atoms with Gasteiger partial charge in [0.25, 0.3) is 0 Å². The van der Waals surface area contributed by atoms with Crippen molar-refractivity contribution in [2.45, 2.75) is 19.4 Å². The number of hydrogen-bond donors (Lipinski definition) is 2. The Morgan fingerprint density at radius 1 is 1.18 bits per heavy atom. The Kier molecular flexibility index (Phi) is 6.94. The SMILES string of the molecule is C[C@@H](CCNc1cc(Cl)ncc1C#Cc1cnn(C)c1)Oc1c(-c2nccc(N)n2)cnn1C. The summed E-state index contributed by atoms with van der Waals surface area (Å²) in [6, 6.07) is 3.39. The van der Waals surface area contributed by atoms with Crippen LogP contribution in [-0.4, -0.2) is 47.2 Å². The number of aryl methyl sites for hydroxylation is 2. The van der Waals surface area contributed by atoms with Crippen LogP contribution in [0.3, 0.4) is 0 Å². The molecule has 0 spiro atoms. The molecule has 0 unspecified atom stereocenters. The minimum atomic E-state index is -0.120. The van der Waals surface area contributed by atoms with Gasteiger partial charge in [0.2, 0.25) is 5.88 Å². The van der Waals surface area contributed by atoms with Crippen molar-refractivity contribution in [2.75, 3.05) is 17.6 Å². The van der Waals surface area contributed by atoms with Crippen LogP contribution in [0.15, 0.2) is 43.1 Å². The number of nitrogens with zero attached hydrogens (tertiary/aromatic N) is 7. The van der Waals surface area contributed by atoms with Crippen LogP contribution in [0.4, 0.5) is 11.5 Å². The van der Waals surface area contributed by atoms with Crippen molar-refractivity contribution in [3.8, 4) is 29.1 Å². The van der Waals surface area contributed by atoms with Gasteiger partial charge in [0.05, 0.1) is 35.3 Å². The highest BCUT2D eigenvalue weighted by atomic mass is 35.5. The number of halogens is 1. The molecule has 0 radical (unpaired) electrons. The second kappa shape index (κ2) is 10.2. The van der Waals surface area contributed by atoms with E-state index in [2.05, 4.69) is 42.3 Å². The normalized spacial score (nSPS) is 11.5. The van der Waals surface area contributed by atoms with Gasteiger partial charge in [-0.3, -0.25) is 4.68 Å². The van der Waals surface area contributed by atoms with Crippen LogP contribution >= 0.6 is 11.6 Å². The van der Waals surface area contributed by atoms with Gasteiger partial charge in [-0.05, 0) is 19.1 Å². The number of aromatic nitrogens is 7. The Morgan fingerprint density at radius 3 is 2.79 bits per heavy atom. The fraction of sp³-hybridized carbons (Fsp3) is 0.261. The molecule has 174 valence electrons. The van der Waals surface area contributed by atoms with E-state index < -0.39 is 0 Å². The lowest BCUT2D eigenvalue weighted by Crippen LogP contribution is -2.19. The molecule has 4 aromatic rings. The van der Waals surface area contributed by atoms with Crippen molar-refractivity contribution in [2.24, 2.45) is 14.1 Å². The number of pyridine rings is 1. The van der Waals surface area contributed by atoms with Crippen molar-refractivity contribution >= 4 is 23.1 Å². The first-order chi connectivity index (χ1) is 16.4. The molecule has 0 amide bonds. The van der Waals surface area contributed by atoms with E-state index in [0.717, 1.165) is 16.8 Å². The van der Waals surface area contributed by atoms with Gasteiger partial charge in [-0.15, -0.1) is 0 Å². The van der Waals surface area contributed by atoms with E-state index in [1.165, 1.54) is 0 Å². The number of nitrogens with one attached hydrogen (secondary N) is 1. The third kappa shape index (κ3) is 5.63. The lowest BCUT2D eigenvalue weighted by atomic mass is 10.2. The van der Waals surface area contributed by atoms with Crippen LogP contribution in [-0.2, 0) is 14.1 Å². The zero-order valence-electron chi connectivity index (χ0n) is 19.0. The second-order valence-corrected chi connectivity index (χ2v) is 8.03. The molecule has 0 aliphatic carbocycles. The van der Waals surface area contributed by atoms with Gasteiger partial charge < -0.3 is 15.8 Å². The van der Waals surface area contributed by atoms with Crippen LogP contribution in [0.25, 0.3) is 11.4 Å². The Labute approximate surface area is 202 Å². The van der Waals surface area contributed by atoms with Gasteiger partial charge >= 0.3 is 0 Å². The van der Waals surface area contributed by atoms with Gasteiger partial charge in [0.15, 0.2) is 5.82 Å². The molecule has 1 atom stereocenters. The molecular weight excluding hydrogens is 454 g/mol. The molecule has 0 saturated carbocycles. The number of nitrogen functional groups attached to an aromatic ring is 1. The monoisotopic (exact) mass is 477 g/mol. The molecule has 0 aliphatic heterocycles. The molecule has 4 rings (SSSR count). The van der Waals surface area contributed by atoms with E-state index in [9.17, 15) is 0 Å². The largest absolute Gasteiger partial charge is 0.474 e. The number of rotatable bonds is 7. The Balaban J connectivity index is 1.41. The molecular formula is C23H24ClN9O. The summed E-state index contributed by atoms with van der Waals surface area (Å²) >= 11 is 6.11. The van der Waals surface area contributed by atoms with Gasteiger partial charge in [0.1, 0.15) is 16.5 Å². The van der Waals surface area contributed by atoms with Crippen LogP contribution in [0.1, 0.15) is 24.5 Å². The lowest BCUT2D eigenvalue weighted by molar-refractivity contribution is 0.198. The predicted octanol–water partition coefficient (Wildman–Crippen LogP) is 2.91. The number of ether oxygens (including phenoxy) is 1. The second-order valence-electron chi connectivity index (χ2n) is 7.64. The Bertz CT molecular complexity index is 1350. The van der Waals surface area contributed by atoms with Crippen molar-refractivity contribution in [1.29, 1.82) is 0 Å². The zero-order valence-corrected chi connectivity index (χ0v) is 19.8. The topological polar surface area (TPSA) is 122 Å². The molecule has 4 aromatic heterocycles. The zero-order chi connectivity index (χ0) is 24.1. The molecule has 0 aliphatic rings. The number of nitrogens with two attached hydrogens (primary N) is 1. The Morgan fingerprint density at radius 2 is 2.03 bits per heavy atom. The molecule has 0 fully saturated rings. The highest BCUT2D eigenvalue weighted by Crippen LogP contribution is 2.28. The third-order valence-corrected chi connectivity index (χ3v) is 5.11. The first kappa shape index (κ1) is 23.1. The average molecular weight is 478 g/mol. The van der Waals surface area contributed by atoms with Crippen molar-refractivity contribution < 1.29 is 4.74 Å². The molecule has 0 saturated heterocycles. The lowest BCUT2D eigenvalue weighted by Gasteiger charge is -2.17. The first-order valence-corrected chi connectivity index (χ1v) is 10.9. The molecule has 3 N–H and O–H groups in total. The summed E-state index contributed by atoms with van der Waals surface area (Å²) in [7, 11) is 3.66. The van der Waals surface area contributed by atoms with E-state index in [1.807, 2.05) is 27.2 Å². The molecule has 10 nitrogen and oxygen atoms in total. The fourth-order valence-electron chi connectivity index (χ4n) is 3.18. The number of anilines is 2. The van der Waals surface area contributed by atoms with Crippen LogP contribution in [0, 0.1) is 11.8 Å². The summed E-state index contributed by atoms with van der Waals surface area (Å²) in [5.74, 6) is 7.65. The predicted molar refractivity (Wildman–Crippen MR) is 130 cm³/mol. The van der Waals surface area contributed by atoms with E-state index >= 15 is 0 Å². The van der Waals surface area contributed by atoms with Crippen molar-refractivity contribution in [1.82, 2.24) is 34.5 Å². The molecule has 11 heteroatoms. The van der Waals surface area contributed by atoms with Gasteiger partial charge in [0, 0.05) is 45.7 Å². The molecule has 4 heterocycles. The standard InChI is InChI=1S/C23H24ClN9O/c1-15(34-23-18(13-30-33(23)3)22-27-9-7-21(25)31-22)6-8-26-19-10-20(24)28-12-17(19)5-4-16-11-29-32(2)14-16/h7,9-15H,6,8H2,1-3H3,(H,26,28)(H2,25,27,31)/t15-/m0/s1. The summed E-state index contributed by atoms with van der Waals surface area (Å²) in [6.07, 6.45) is 9.08. The van der Waals surface area contributed by atoms with E-state index in [1.54, 1.807) is 46.3 Å².